The summed E-state index contributed by atoms with van der Waals surface area (Å²) in [5.74, 6) is 2.93. The first-order valence-corrected chi connectivity index (χ1v) is 8.80. The monoisotopic (exact) mass is 358 g/mol. The van der Waals surface area contributed by atoms with E-state index < -0.39 is 0 Å². The molecule has 0 radical (unpaired) electrons. The molecule has 1 N–H and O–H groups in total. The summed E-state index contributed by atoms with van der Waals surface area (Å²) in [6.07, 6.45) is 3.95. The van der Waals surface area contributed by atoms with Gasteiger partial charge in [-0.1, -0.05) is 6.07 Å². The third-order valence-electron chi connectivity index (χ3n) is 4.67. The van der Waals surface area contributed by atoms with Crippen LogP contribution in [0.15, 0.2) is 30.5 Å². The molecule has 7 heteroatoms. The number of hydrogen-bond acceptors (Lipinski definition) is 7. The van der Waals surface area contributed by atoms with Gasteiger partial charge in [-0.3, -0.25) is 0 Å². The number of anilines is 1. The first-order valence-electron chi connectivity index (χ1n) is 8.80. The van der Waals surface area contributed by atoms with Crippen molar-refractivity contribution < 1.29 is 14.2 Å². The molecule has 1 fully saturated rings. The Bertz CT molecular complexity index is 711. The van der Waals surface area contributed by atoms with E-state index >= 15 is 0 Å². The van der Waals surface area contributed by atoms with E-state index in [1.165, 1.54) is 0 Å². The summed E-state index contributed by atoms with van der Waals surface area (Å²) in [5, 5.41) is 11.8. The topological polar surface area (TPSA) is 68.7 Å². The number of nitrogens with zero attached hydrogens (tertiary/aromatic N) is 3. The Hall–Kier alpha value is -2.54. The average molecular weight is 358 g/mol. The van der Waals surface area contributed by atoms with Gasteiger partial charge in [-0.2, -0.15) is 5.10 Å². The lowest BCUT2D eigenvalue weighted by Gasteiger charge is -2.34. The molecule has 0 bridgehead atoms. The molecule has 140 valence electrons. The van der Waals surface area contributed by atoms with Crippen LogP contribution in [0.3, 0.4) is 0 Å². The van der Waals surface area contributed by atoms with E-state index in [0.717, 1.165) is 37.3 Å². The molecular formula is C19H26N4O3. The smallest absolute Gasteiger partial charge is 0.203 e. The summed E-state index contributed by atoms with van der Waals surface area (Å²) in [6.45, 7) is 2.62. The first-order chi connectivity index (χ1) is 12.8. The predicted molar refractivity (Wildman–Crippen MR) is 100 cm³/mol. The van der Waals surface area contributed by atoms with E-state index in [2.05, 4.69) is 20.4 Å². The van der Waals surface area contributed by atoms with Crippen LogP contribution in [0.1, 0.15) is 18.4 Å². The second-order valence-corrected chi connectivity index (χ2v) is 6.24. The largest absolute Gasteiger partial charge is 0.493 e. The van der Waals surface area contributed by atoms with Gasteiger partial charge in [-0.15, -0.1) is 5.10 Å². The van der Waals surface area contributed by atoms with Gasteiger partial charge in [-0.05, 0) is 31.0 Å². The van der Waals surface area contributed by atoms with Crippen LogP contribution in [-0.4, -0.2) is 50.7 Å². The Balaban J connectivity index is 1.67. The van der Waals surface area contributed by atoms with Crippen molar-refractivity contribution >= 4 is 5.82 Å². The maximum atomic E-state index is 5.57. The van der Waals surface area contributed by atoms with Crippen molar-refractivity contribution in [3.05, 3.63) is 36.0 Å². The number of hydrogen-bond donors (Lipinski definition) is 1. The highest BCUT2D eigenvalue weighted by Crippen LogP contribution is 2.39. The number of aromatic nitrogens is 2. The SMILES string of the molecule is COc1ccc(CNC2CCCN(c3cccnn3)C2)c(OC)c1OC. The van der Waals surface area contributed by atoms with E-state index in [-0.39, 0.29) is 0 Å². The lowest BCUT2D eigenvalue weighted by atomic mass is 10.0. The minimum Gasteiger partial charge on any atom is -0.493 e. The zero-order chi connectivity index (χ0) is 18.4. The second-order valence-electron chi connectivity index (χ2n) is 6.24. The van der Waals surface area contributed by atoms with Crippen molar-refractivity contribution in [2.24, 2.45) is 0 Å². The van der Waals surface area contributed by atoms with E-state index in [0.29, 0.717) is 29.8 Å². The Morgan fingerprint density at radius 1 is 1.12 bits per heavy atom. The van der Waals surface area contributed by atoms with Gasteiger partial charge in [0.15, 0.2) is 17.3 Å². The third-order valence-corrected chi connectivity index (χ3v) is 4.67. The number of benzene rings is 1. The molecule has 0 aliphatic carbocycles. The van der Waals surface area contributed by atoms with Gasteiger partial charge in [0, 0.05) is 37.4 Å². The summed E-state index contributed by atoms with van der Waals surface area (Å²) >= 11 is 0. The fraction of sp³-hybridized carbons (Fsp3) is 0.474. The number of nitrogens with one attached hydrogen (secondary N) is 1. The molecule has 1 aliphatic heterocycles. The summed E-state index contributed by atoms with van der Waals surface area (Å²) in [5.41, 5.74) is 1.04. The zero-order valence-electron chi connectivity index (χ0n) is 15.6. The lowest BCUT2D eigenvalue weighted by Crippen LogP contribution is -2.45. The lowest BCUT2D eigenvalue weighted by molar-refractivity contribution is 0.320. The number of rotatable bonds is 7. The summed E-state index contributed by atoms with van der Waals surface area (Å²) in [4.78, 5) is 2.28. The molecule has 1 unspecified atom stereocenters. The average Bonchev–Trinajstić information content (AvgIpc) is 2.72. The van der Waals surface area contributed by atoms with Crippen LogP contribution in [0.4, 0.5) is 5.82 Å². The highest BCUT2D eigenvalue weighted by molar-refractivity contribution is 5.55. The van der Waals surface area contributed by atoms with Crippen LogP contribution in [0, 0.1) is 0 Å². The van der Waals surface area contributed by atoms with Crippen LogP contribution in [0.2, 0.25) is 0 Å². The minimum atomic E-state index is 0.378. The minimum absolute atomic E-state index is 0.378. The molecule has 0 saturated carbocycles. The number of methoxy groups -OCH3 is 3. The van der Waals surface area contributed by atoms with Crippen LogP contribution in [0.25, 0.3) is 0 Å². The van der Waals surface area contributed by atoms with Crippen LogP contribution in [-0.2, 0) is 6.54 Å². The van der Waals surface area contributed by atoms with Crippen molar-refractivity contribution in [3.63, 3.8) is 0 Å². The van der Waals surface area contributed by atoms with Crippen molar-refractivity contribution in [2.45, 2.75) is 25.4 Å². The maximum absolute atomic E-state index is 5.57. The molecule has 0 amide bonds. The fourth-order valence-electron chi connectivity index (χ4n) is 3.37. The normalized spacial score (nSPS) is 17.0. The zero-order valence-corrected chi connectivity index (χ0v) is 15.6. The van der Waals surface area contributed by atoms with Crippen LogP contribution < -0.4 is 24.4 Å². The first kappa shape index (κ1) is 18.3. The summed E-state index contributed by atoms with van der Waals surface area (Å²) in [7, 11) is 4.90. The van der Waals surface area contributed by atoms with Gasteiger partial charge < -0.3 is 24.4 Å². The number of ether oxygens (including phenoxy) is 3. The molecule has 1 saturated heterocycles. The Morgan fingerprint density at radius 3 is 2.65 bits per heavy atom. The van der Waals surface area contributed by atoms with Crippen LogP contribution >= 0.6 is 0 Å². The molecule has 0 spiro atoms. The molecule has 2 heterocycles. The molecule has 1 atom stereocenters. The molecule has 3 rings (SSSR count). The highest BCUT2D eigenvalue weighted by Gasteiger charge is 2.22. The maximum Gasteiger partial charge on any atom is 0.203 e. The molecule has 2 aromatic rings. The second kappa shape index (κ2) is 8.71. The van der Waals surface area contributed by atoms with Crippen molar-refractivity contribution in [3.8, 4) is 17.2 Å². The van der Waals surface area contributed by atoms with Crippen molar-refractivity contribution in [1.29, 1.82) is 0 Å². The number of piperidine rings is 1. The molecular weight excluding hydrogens is 332 g/mol. The Labute approximate surface area is 154 Å². The third kappa shape index (κ3) is 3.99. The van der Waals surface area contributed by atoms with E-state index in [1.807, 2.05) is 24.3 Å². The molecule has 1 aromatic carbocycles. The van der Waals surface area contributed by atoms with Gasteiger partial charge >= 0.3 is 0 Å². The van der Waals surface area contributed by atoms with Crippen molar-refractivity contribution in [2.75, 3.05) is 39.3 Å². The molecule has 7 nitrogen and oxygen atoms in total. The summed E-state index contributed by atoms with van der Waals surface area (Å²) in [6, 6.07) is 8.23. The Kier molecular flexibility index (Phi) is 6.12. The van der Waals surface area contributed by atoms with Crippen LogP contribution in [0.5, 0.6) is 17.2 Å². The predicted octanol–water partition coefficient (Wildman–Crippen LogP) is 2.26. The van der Waals surface area contributed by atoms with E-state index in [4.69, 9.17) is 14.2 Å². The standard InChI is InChI=1S/C19H26N4O3/c1-24-16-9-8-14(18(25-2)19(16)26-3)12-20-15-6-5-11-23(13-15)17-7-4-10-21-22-17/h4,7-10,15,20H,5-6,11-13H2,1-3H3. The van der Waals surface area contributed by atoms with Gasteiger partial charge in [0.1, 0.15) is 0 Å². The van der Waals surface area contributed by atoms with E-state index in [1.54, 1.807) is 27.5 Å². The quantitative estimate of drug-likeness (QED) is 0.814. The molecule has 1 aromatic heterocycles. The van der Waals surface area contributed by atoms with Gasteiger partial charge in [-0.25, -0.2) is 0 Å². The van der Waals surface area contributed by atoms with Gasteiger partial charge in [0.25, 0.3) is 0 Å². The fourth-order valence-corrected chi connectivity index (χ4v) is 3.37. The van der Waals surface area contributed by atoms with Gasteiger partial charge in [0.05, 0.1) is 21.3 Å². The molecule has 26 heavy (non-hydrogen) atoms. The van der Waals surface area contributed by atoms with E-state index in [9.17, 15) is 0 Å². The van der Waals surface area contributed by atoms with Gasteiger partial charge in [0.2, 0.25) is 5.75 Å². The van der Waals surface area contributed by atoms with Crippen molar-refractivity contribution in [1.82, 2.24) is 15.5 Å². The highest BCUT2D eigenvalue weighted by atomic mass is 16.5. The Morgan fingerprint density at radius 2 is 1.96 bits per heavy atom. The summed E-state index contributed by atoms with van der Waals surface area (Å²) < 4.78 is 16.4. The molecule has 1 aliphatic rings.